The van der Waals surface area contributed by atoms with E-state index in [4.69, 9.17) is 0 Å². The predicted molar refractivity (Wildman–Crippen MR) is 106 cm³/mol. The van der Waals surface area contributed by atoms with E-state index in [1.807, 2.05) is 37.8 Å². The summed E-state index contributed by atoms with van der Waals surface area (Å²) in [5.41, 5.74) is 4.62. The normalized spacial score (nSPS) is 14.9. The van der Waals surface area contributed by atoms with E-state index >= 15 is 0 Å². The number of likely N-dealkylation sites (tertiary alicyclic amines) is 1. The highest BCUT2D eigenvalue weighted by molar-refractivity contribution is 5.97. The fourth-order valence-electron chi connectivity index (χ4n) is 3.88. The van der Waals surface area contributed by atoms with E-state index in [9.17, 15) is 9.59 Å². The zero-order valence-electron chi connectivity index (χ0n) is 16.3. The highest BCUT2D eigenvalue weighted by atomic mass is 16.2. The molecule has 0 radical (unpaired) electrons. The molecule has 1 N–H and O–H groups in total. The van der Waals surface area contributed by atoms with E-state index < -0.39 is 0 Å². The number of hydrogen-bond acceptors (Lipinski definition) is 3. The molecule has 2 aromatic rings. The monoisotopic (exact) mass is 365 g/mol. The van der Waals surface area contributed by atoms with Crippen molar-refractivity contribution < 1.29 is 9.59 Å². The smallest absolute Gasteiger partial charge is 0.255 e. The van der Waals surface area contributed by atoms with Crippen LogP contribution >= 0.6 is 0 Å². The lowest BCUT2D eigenvalue weighted by Gasteiger charge is -2.32. The van der Waals surface area contributed by atoms with Gasteiger partial charge in [0.05, 0.1) is 5.56 Å². The van der Waals surface area contributed by atoms with Crippen LogP contribution in [-0.4, -0.2) is 41.3 Å². The van der Waals surface area contributed by atoms with Gasteiger partial charge in [-0.05, 0) is 62.8 Å². The van der Waals surface area contributed by atoms with Crippen LogP contribution in [0.2, 0.25) is 0 Å². The van der Waals surface area contributed by atoms with Crippen LogP contribution in [0.1, 0.15) is 50.2 Å². The Kier molecular flexibility index (Phi) is 5.89. The van der Waals surface area contributed by atoms with Crippen LogP contribution in [-0.2, 0) is 0 Å². The third kappa shape index (κ3) is 4.54. The minimum Gasteiger partial charge on any atom is -0.352 e. The first-order chi connectivity index (χ1) is 13.0. The minimum atomic E-state index is -0.00105. The zero-order chi connectivity index (χ0) is 19.4. The molecular formula is C22H27N3O2. The van der Waals surface area contributed by atoms with Gasteiger partial charge < -0.3 is 10.2 Å². The predicted octanol–water partition coefficient (Wildman–Crippen LogP) is 3.29. The number of carbonyl (C=O) groups is 2. The molecule has 1 fully saturated rings. The lowest BCUT2D eigenvalue weighted by molar-refractivity contribution is 0.0684. The second-order valence-electron chi connectivity index (χ2n) is 7.46. The second kappa shape index (κ2) is 8.33. The Hall–Kier alpha value is -2.69. The fraction of sp³-hybridized carbons (Fsp3) is 0.409. The number of nitrogens with zero attached hydrogens (tertiary/aromatic N) is 2. The van der Waals surface area contributed by atoms with Gasteiger partial charge in [-0.2, -0.15) is 0 Å². The van der Waals surface area contributed by atoms with Crippen molar-refractivity contribution in [3.63, 3.8) is 0 Å². The molecular weight excluding hydrogens is 338 g/mol. The molecule has 0 unspecified atom stereocenters. The Morgan fingerprint density at radius 1 is 1.15 bits per heavy atom. The molecule has 0 atom stereocenters. The van der Waals surface area contributed by atoms with E-state index in [-0.39, 0.29) is 11.8 Å². The van der Waals surface area contributed by atoms with Crippen molar-refractivity contribution in [3.8, 4) is 0 Å². The van der Waals surface area contributed by atoms with Crippen LogP contribution in [0.4, 0.5) is 0 Å². The number of hydrogen-bond donors (Lipinski definition) is 1. The standard InChI is InChI=1S/C22H27N3O2/c1-15-11-16(2)20(17(3)12-15)21(26)24-13-18-6-9-25(10-7-18)22(27)19-5-4-8-23-14-19/h4-5,8,11-12,14,18H,6-7,9-10,13H2,1-3H3,(H,24,26). The van der Waals surface area contributed by atoms with Gasteiger partial charge >= 0.3 is 0 Å². The zero-order valence-corrected chi connectivity index (χ0v) is 16.3. The lowest BCUT2D eigenvalue weighted by atomic mass is 9.95. The van der Waals surface area contributed by atoms with E-state index in [1.54, 1.807) is 24.5 Å². The molecule has 1 aromatic carbocycles. The molecule has 2 amide bonds. The SMILES string of the molecule is Cc1cc(C)c(C(=O)NCC2CCN(C(=O)c3cccnc3)CC2)c(C)c1. The Morgan fingerprint density at radius 3 is 2.41 bits per heavy atom. The summed E-state index contributed by atoms with van der Waals surface area (Å²) in [6.07, 6.45) is 5.08. The molecule has 1 aromatic heterocycles. The number of aromatic nitrogens is 1. The molecule has 1 aliphatic rings. The third-order valence-corrected chi connectivity index (χ3v) is 5.27. The van der Waals surface area contributed by atoms with Gasteiger partial charge in [-0.25, -0.2) is 0 Å². The highest BCUT2D eigenvalue weighted by Crippen LogP contribution is 2.20. The number of piperidine rings is 1. The van der Waals surface area contributed by atoms with E-state index in [0.29, 0.717) is 18.0 Å². The Bertz CT molecular complexity index is 802. The van der Waals surface area contributed by atoms with Crippen LogP contribution in [0.25, 0.3) is 0 Å². The van der Waals surface area contributed by atoms with Crippen molar-refractivity contribution in [2.24, 2.45) is 5.92 Å². The average Bonchev–Trinajstić information content (AvgIpc) is 2.66. The fourth-order valence-corrected chi connectivity index (χ4v) is 3.88. The average molecular weight is 365 g/mol. The van der Waals surface area contributed by atoms with Crippen molar-refractivity contribution in [3.05, 3.63) is 64.5 Å². The number of benzene rings is 1. The first-order valence-electron chi connectivity index (χ1n) is 9.51. The van der Waals surface area contributed by atoms with Crippen molar-refractivity contribution in [1.82, 2.24) is 15.2 Å². The highest BCUT2D eigenvalue weighted by Gasteiger charge is 2.24. The second-order valence-corrected chi connectivity index (χ2v) is 7.46. The van der Waals surface area contributed by atoms with E-state index in [1.165, 1.54) is 5.56 Å². The number of amides is 2. The molecule has 5 heteroatoms. The van der Waals surface area contributed by atoms with Gasteiger partial charge in [-0.15, -0.1) is 0 Å². The van der Waals surface area contributed by atoms with Crippen LogP contribution in [0, 0.1) is 26.7 Å². The first kappa shape index (κ1) is 19.1. The molecule has 0 spiro atoms. The van der Waals surface area contributed by atoms with Gasteiger partial charge in [-0.1, -0.05) is 17.7 Å². The van der Waals surface area contributed by atoms with Crippen molar-refractivity contribution >= 4 is 11.8 Å². The first-order valence-corrected chi connectivity index (χ1v) is 9.51. The molecule has 1 aliphatic heterocycles. The van der Waals surface area contributed by atoms with E-state index in [0.717, 1.165) is 42.6 Å². The molecule has 142 valence electrons. The van der Waals surface area contributed by atoms with Crippen molar-refractivity contribution in [1.29, 1.82) is 0 Å². The van der Waals surface area contributed by atoms with Crippen LogP contribution in [0.15, 0.2) is 36.7 Å². The molecule has 0 bridgehead atoms. The molecule has 1 saturated heterocycles. The van der Waals surface area contributed by atoms with Gasteiger partial charge in [0.2, 0.25) is 0 Å². The number of carbonyl (C=O) groups excluding carboxylic acids is 2. The van der Waals surface area contributed by atoms with Crippen LogP contribution in [0.3, 0.4) is 0 Å². The number of nitrogens with one attached hydrogen (secondary N) is 1. The van der Waals surface area contributed by atoms with Crippen molar-refractivity contribution in [2.45, 2.75) is 33.6 Å². The Labute approximate surface area is 160 Å². The van der Waals surface area contributed by atoms with Crippen LogP contribution in [0.5, 0.6) is 0 Å². The molecule has 27 heavy (non-hydrogen) atoms. The minimum absolute atomic E-state index is 0.00105. The summed E-state index contributed by atoms with van der Waals surface area (Å²) in [6.45, 7) is 8.10. The summed E-state index contributed by atoms with van der Waals surface area (Å²) in [5, 5.41) is 3.09. The van der Waals surface area contributed by atoms with Gasteiger partial charge in [0, 0.05) is 37.6 Å². The molecule has 5 nitrogen and oxygen atoms in total. The maximum atomic E-state index is 12.6. The van der Waals surface area contributed by atoms with Gasteiger partial charge in [-0.3, -0.25) is 14.6 Å². The van der Waals surface area contributed by atoms with Crippen molar-refractivity contribution in [2.75, 3.05) is 19.6 Å². The largest absolute Gasteiger partial charge is 0.352 e. The third-order valence-electron chi connectivity index (χ3n) is 5.27. The van der Waals surface area contributed by atoms with Gasteiger partial charge in [0.1, 0.15) is 0 Å². The van der Waals surface area contributed by atoms with Gasteiger partial charge in [0.25, 0.3) is 11.8 Å². The summed E-state index contributed by atoms with van der Waals surface area (Å²) >= 11 is 0. The molecule has 2 heterocycles. The summed E-state index contributed by atoms with van der Waals surface area (Å²) in [4.78, 5) is 31.0. The summed E-state index contributed by atoms with van der Waals surface area (Å²) in [5.74, 6) is 0.438. The van der Waals surface area contributed by atoms with Gasteiger partial charge in [0.15, 0.2) is 0 Å². The summed E-state index contributed by atoms with van der Waals surface area (Å²) in [6, 6.07) is 7.67. The molecule has 0 aliphatic carbocycles. The number of rotatable bonds is 4. The summed E-state index contributed by atoms with van der Waals surface area (Å²) < 4.78 is 0. The topological polar surface area (TPSA) is 62.3 Å². The van der Waals surface area contributed by atoms with E-state index in [2.05, 4.69) is 10.3 Å². The Balaban J connectivity index is 1.51. The maximum Gasteiger partial charge on any atom is 0.255 e. The lowest BCUT2D eigenvalue weighted by Crippen LogP contribution is -2.41. The Morgan fingerprint density at radius 2 is 1.81 bits per heavy atom. The maximum absolute atomic E-state index is 12.6. The molecule has 3 rings (SSSR count). The quantitative estimate of drug-likeness (QED) is 0.904. The summed E-state index contributed by atoms with van der Waals surface area (Å²) in [7, 11) is 0. The van der Waals surface area contributed by atoms with Crippen LogP contribution < -0.4 is 5.32 Å². The number of aryl methyl sites for hydroxylation is 3. The molecule has 0 saturated carbocycles. The number of pyridine rings is 1.